The Balaban J connectivity index is 1.87. The molecule has 0 saturated carbocycles. The summed E-state index contributed by atoms with van der Waals surface area (Å²) in [5.41, 5.74) is 0.516. The van der Waals surface area contributed by atoms with Crippen LogP contribution in [0.3, 0.4) is 0 Å². The summed E-state index contributed by atoms with van der Waals surface area (Å²) in [6.07, 6.45) is 2.66. The van der Waals surface area contributed by atoms with Crippen LogP contribution in [0.15, 0.2) is 0 Å². The van der Waals surface area contributed by atoms with E-state index in [1.54, 1.807) is 0 Å². The first-order valence-corrected chi connectivity index (χ1v) is 7.08. The van der Waals surface area contributed by atoms with Crippen molar-refractivity contribution in [3.05, 3.63) is 0 Å². The maximum atomic E-state index is 5.28. The lowest BCUT2D eigenvalue weighted by Gasteiger charge is -2.36. The van der Waals surface area contributed by atoms with Gasteiger partial charge in [0.25, 0.3) is 0 Å². The van der Waals surface area contributed by atoms with Crippen molar-refractivity contribution in [3.63, 3.8) is 0 Å². The zero-order valence-electron chi connectivity index (χ0n) is 11.7. The van der Waals surface area contributed by atoms with Crippen molar-refractivity contribution < 1.29 is 4.74 Å². The van der Waals surface area contributed by atoms with Gasteiger partial charge in [0.1, 0.15) is 0 Å². The number of nitrogens with one attached hydrogen (secondary N) is 1. The van der Waals surface area contributed by atoms with Gasteiger partial charge in [-0.05, 0) is 43.2 Å². The standard InChI is InChI=1S/C14H28N2O/c1-12(2)14(5-6-15-10-14)11-16-7-4-13(8-16)9-17-3/h12-13,15H,4-11H2,1-3H3. The first kappa shape index (κ1) is 13.3. The second kappa shape index (κ2) is 5.68. The van der Waals surface area contributed by atoms with E-state index < -0.39 is 0 Å². The van der Waals surface area contributed by atoms with Gasteiger partial charge in [-0.3, -0.25) is 0 Å². The van der Waals surface area contributed by atoms with Crippen molar-refractivity contribution in [3.8, 4) is 0 Å². The molecule has 3 heteroatoms. The summed E-state index contributed by atoms with van der Waals surface area (Å²) in [5, 5.41) is 3.55. The number of hydrogen-bond acceptors (Lipinski definition) is 3. The Kier molecular flexibility index (Phi) is 4.45. The molecule has 0 spiro atoms. The molecular weight excluding hydrogens is 212 g/mol. The quantitative estimate of drug-likeness (QED) is 0.790. The van der Waals surface area contributed by atoms with Crippen LogP contribution in [0, 0.1) is 17.3 Å². The van der Waals surface area contributed by atoms with Crippen LogP contribution in [0.25, 0.3) is 0 Å². The van der Waals surface area contributed by atoms with Crippen LogP contribution in [0.4, 0.5) is 0 Å². The Morgan fingerprint density at radius 2 is 2.29 bits per heavy atom. The molecule has 0 radical (unpaired) electrons. The Hall–Kier alpha value is -0.120. The fourth-order valence-electron chi connectivity index (χ4n) is 3.45. The van der Waals surface area contributed by atoms with Gasteiger partial charge in [0.05, 0.1) is 6.61 Å². The lowest BCUT2D eigenvalue weighted by atomic mass is 9.76. The van der Waals surface area contributed by atoms with Crippen molar-refractivity contribution >= 4 is 0 Å². The Morgan fingerprint density at radius 3 is 2.88 bits per heavy atom. The number of likely N-dealkylation sites (tertiary alicyclic amines) is 1. The van der Waals surface area contributed by atoms with Gasteiger partial charge >= 0.3 is 0 Å². The van der Waals surface area contributed by atoms with Gasteiger partial charge in [-0.2, -0.15) is 0 Å². The molecule has 2 heterocycles. The molecule has 2 saturated heterocycles. The third kappa shape index (κ3) is 3.01. The van der Waals surface area contributed by atoms with E-state index in [4.69, 9.17) is 4.74 Å². The van der Waals surface area contributed by atoms with Crippen LogP contribution in [-0.2, 0) is 4.74 Å². The van der Waals surface area contributed by atoms with Crippen molar-refractivity contribution in [1.29, 1.82) is 0 Å². The van der Waals surface area contributed by atoms with E-state index in [0.717, 1.165) is 18.4 Å². The molecule has 0 aromatic rings. The Labute approximate surface area is 106 Å². The summed E-state index contributed by atoms with van der Waals surface area (Å²) < 4.78 is 5.28. The monoisotopic (exact) mass is 240 g/mol. The van der Waals surface area contributed by atoms with E-state index in [1.807, 2.05) is 7.11 Å². The molecule has 1 N–H and O–H groups in total. The summed E-state index contributed by atoms with van der Waals surface area (Å²) in [6, 6.07) is 0. The maximum Gasteiger partial charge on any atom is 0.0503 e. The molecule has 2 atom stereocenters. The zero-order chi connectivity index (χ0) is 12.3. The van der Waals surface area contributed by atoms with Gasteiger partial charge in [0.2, 0.25) is 0 Å². The van der Waals surface area contributed by atoms with E-state index in [1.165, 1.54) is 45.6 Å². The highest BCUT2D eigenvalue weighted by molar-refractivity contribution is 4.94. The number of ether oxygens (including phenoxy) is 1. The average molecular weight is 240 g/mol. The minimum atomic E-state index is 0.516. The van der Waals surface area contributed by atoms with Crippen molar-refractivity contribution in [2.24, 2.45) is 17.3 Å². The van der Waals surface area contributed by atoms with Gasteiger partial charge in [0.15, 0.2) is 0 Å². The summed E-state index contributed by atoms with van der Waals surface area (Å²) in [6.45, 7) is 11.9. The van der Waals surface area contributed by atoms with E-state index >= 15 is 0 Å². The number of methoxy groups -OCH3 is 1. The fourth-order valence-corrected chi connectivity index (χ4v) is 3.45. The van der Waals surface area contributed by atoms with Crippen LogP contribution < -0.4 is 5.32 Å². The van der Waals surface area contributed by atoms with E-state index in [9.17, 15) is 0 Å². The minimum Gasteiger partial charge on any atom is -0.384 e. The van der Waals surface area contributed by atoms with Crippen molar-refractivity contribution in [1.82, 2.24) is 10.2 Å². The number of nitrogens with zero attached hydrogens (tertiary/aromatic N) is 1. The SMILES string of the molecule is COCC1CCN(CC2(C(C)C)CCNC2)C1. The van der Waals surface area contributed by atoms with Gasteiger partial charge in [-0.15, -0.1) is 0 Å². The third-order valence-corrected chi connectivity index (χ3v) is 4.81. The molecule has 2 aliphatic rings. The van der Waals surface area contributed by atoms with Gasteiger partial charge < -0.3 is 15.0 Å². The molecule has 0 amide bonds. The Bertz CT molecular complexity index is 236. The van der Waals surface area contributed by atoms with Crippen molar-refractivity contribution in [2.75, 3.05) is 46.4 Å². The highest BCUT2D eigenvalue weighted by Crippen LogP contribution is 2.36. The topological polar surface area (TPSA) is 24.5 Å². The fraction of sp³-hybridized carbons (Fsp3) is 1.00. The normalized spacial score (nSPS) is 34.9. The van der Waals surface area contributed by atoms with Crippen LogP contribution in [0.5, 0.6) is 0 Å². The minimum absolute atomic E-state index is 0.516. The molecule has 2 unspecified atom stereocenters. The molecule has 3 nitrogen and oxygen atoms in total. The summed E-state index contributed by atoms with van der Waals surface area (Å²) in [4.78, 5) is 2.66. The van der Waals surface area contributed by atoms with Crippen LogP contribution in [0.1, 0.15) is 26.7 Å². The zero-order valence-corrected chi connectivity index (χ0v) is 11.7. The molecule has 2 rings (SSSR count). The van der Waals surface area contributed by atoms with E-state index in [0.29, 0.717) is 5.41 Å². The maximum absolute atomic E-state index is 5.28. The number of rotatable bonds is 5. The average Bonchev–Trinajstić information content (AvgIpc) is 2.90. The molecule has 0 aliphatic carbocycles. The molecule has 0 aromatic carbocycles. The highest BCUT2D eigenvalue weighted by Gasteiger charge is 2.39. The van der Waals surface area contributed by atoms with E-state index in [2.05, 4.69) is 24.1 Å². The molecule has 100 valence electrons. The second-order valence-electron chi connectivity index (χ2n) is 6.29. The molecule has 0 aromatic heterocycles. The molecular formula is C14H28N2O. The third-order valence-electron chi connectivity index (χ3n) is 4.81. The van der Waals surface area contributed by atoms with Gasteiger partial charge in [-0.25, -0.2) is 0 Å². The summed E-state index contributed by atoms with van der Waals surface area (Å²) in [5.74, 6) is 1.54. The second-order valence-corrected chi connectivity index (χ2v) is 6.29. The largest absolute Gasteiger partial charge is 0.384 e. The smallest absolute Gasteiger partial charge is 0.0503 e. The summed E-state index contributed by atoms with van der Waals surface area (Å²) in [7, 11) is 1.82. The van der Waals surface area contributed by atoms with Crippen LogP contribution in [0.2, 0.25) is 0 Å². The lowest BCUT2D eigenvalue weighted by molar-refractivity contribution is 0.119. The van der Waals surface area contributed by atoms with Crippen molar-refractivity contribution in [2.45, 2.75) is 26.7 Å². The Morgan fingerprint density at radius 1 is 1.47 bits per heavy atom. The molecule has 2 aliphatic heterocycles. The first-order valence-electron chi connectivity index (χ1n) is 7.08. The highest BCUT2D eigenvalue weighted by atomic mass is 16.5. The molecule has 17 heavy (non-hydrogen) atoms. The van der Waals surface area contributed by atoms with Crippen LogP contribution in [-0.4, -0.2) is 51.3 Å². The lowest BCUT2D eigenvalue weighted by Crippen LogP contribution is -2.42. The summed E-state index contributed by atoms with van der Waals surface area (Å²) >= 11 is 0. The predicted octanol–water partition coefficient (Wildman–Crippen LogP) is 1.59. The van der Waals surface area contributed by atoms with Gasteiger partial charge in [-0.1, -0.05) is 13.8 Å². The predicted molar refractivity (Wildman–Crippen MR) is 71.2 cm³/mol. The first-order chi connectivity index (χ1) is 8.16. The number of hydrogen-bond donors (Lipinski definition) is 1. The molecule has 2 fully saturated rings. The molecule has 0 bridgehead atoms. The van der Waals surface area contributed by atoms with Crippen LogP contribution >= 0.6 is 0 Å². The van der Waals surface area contributed by atoms with E-state index in [-0.39, 0.29) is 0 Å². The van der Waals surface area contributed by atoms with Gasteiger partial charge in [0, 0.05) is 26.7 Å².